The number of rotatable bonds is 4. The lowest BCUT2D eigenvalue weighted by molar-refractivity contribution is 0.102. The number of benzene rings is 1. The van der Waals surface area contributed by atoms with Crippen molar-refractivity contribution in [2.75, 3.05) is 5.32 Å². The highest BCUT2D eigenvalue weighted by molar-refractivity contribution is 7.11. The summed E-state index contributed by atoms with van der Waals surface area (Å²) in [6.45, 7) is 7.81. The van der Waals surface area contributed by atoms with Crippen molar-refractivity contribution in [3.8, 4) is 11.4 Å². The minimum atomic E-state index is -0.211. The zero-order valence-corrected chi connectivity index (χ0v) is 14.8. The van der Waals surface area contributed by atoms with Gasteiger partial charge in [-0.2, -0.15) is 0 Å². The predicted octanol–water partition coefficient (Wildman–Crippen LogP) is 3.25. The second kappa shape index (κ2) is 6.48. The third kappa shape index (κ3) is 3.18. The van der Waals surface area contributed by atoms with Gasteiger partial charge in [0.05, 0.1) is 11.0 Å². The van der Waals surface area contributed by atoms with Crippen LogP contribution in [0.4, 0.5) is 5.69 Å². The van der Waals surface area contributed by atoms with Gasteiger partial charge in [0.1, 0.15) is 5.69 Å². The molecule has 0 aliphatic rings. The number of amides is 1. The molecule has 0 bridgehead atoms. The number of carbonyl (C=O) groups is 1. The number of thiazole rings is 1. The highest BCUT2D eigenvalue weighted by Crippen LogP contribution is 2.23. The largest absolute Gasteiger partial charge is 0.321 e. The van der Waals surface area contributed by atoms with Crippen molar-refractivity contribution in [3.05, 3.63) is 39.8 Å². The normalized spacial score (nSPS) is 11.0. The molecule has 0 unspecified atom stereocenters. The second-order valence-electron chi connectivity index (χ2n) is 5.71. The number of carbonyl (C=O) groups excluding carboxylic acids is 1. The molecule has 24 heavy (non-hydrogen) atoms. The molecule has 3 aromatic rings. The molecule has 0 aliphatic heterocycles. The minimum Gasteiger partial charge on any atom is -0.321 e. The number of nitrogens with one attached hydrogen (secondary N) is 1. The van der Waals surface area contributed by atoms with E-state index in [0.29, 0.717) is 17.2 Å². The van der Waals surface area contributed by atoms with E-state index in [0.717, 1.165) is 15.4 Å². The SMILES string of the molecule is Cc1nc(C(=O)Nc2cccc(-c3nnnn3C(C)C)c2)c(C)s1. The molecule has 2 heterocycles. The van der Waals surface area contributed by atoms with E-state index in [9.17, 15) is 4.79 Å². The zero-order valence-electron chi connectivity index (χ0n) is 13.9. The topological polar surface area (TPSA) is 85.6 Å². The summed E-state index contributed by atoms with van der Waals surface area (Å²) in [7, 11) is 0. The quantitative estimate of drug-likeness (QED) is 0.786. The molecule has 1 aromatic carbocycles. The van der Waals surface area contributed by atoms with Gasteiger partial charge in [-0.25, -0.2) is 9.67 Å². The van der Waals surface area contributed by atoms with Gasteiger partial charge in [-0.15, -0.1) is 16.4 Å². The van der Waals surface area contributed by atoms with Crippen LogP contribution in [-0.2, 0) is 0 Å². The van der Waals surface area contributed by atoms with E-state index in [-0.39, 0.29) is 11.9 Å². The summed E-state index contributed by atoms with van der Waals surface area (Å²) in [4.78, 5) is 17.6. The van der Waals surface area contributed by atoms with Crippen molar-refractivity contribution in [2.24, 2.45) is 0 Å². The number of hydrogen-bond acceptors (Lipinski definition) is 6. The van der Waals surface area contributed by atoms with Crippen LogP contribution in [0.2, 0.25) is 0 Å². The van der Waals surface area contributed by atoms with Crippen LogP contribution in [0.15, 0.2) is 24.3 Å². The number of hydrogen-bond donors (Lipinski definition) is 1. The Morgan fingerprint density at radius 2 is 2.08 bits per heavy atom. The van der Waals surface area contributed by atoms with Crippen molar-refractivity contribution in [1.29, 1.82) is 0 Å². The summed E-state index contributed by atoms with van der Waals surface area (Å²) < 4.78 is 1.74. The van der Waals surface area contributed by atoms with Crippen LogP contribution in [0.3, 0.4) is 0 Å². The lowest BCUT2D eigenvalue weighted by atomic mass is 10.1. The van der Waals surface area contributed by atoms with E-state index in [1.807, 2.05) is 52.0 Å². The first kappa shape index (κ1) is 16.3. The molecule has 1 amide bonds. The summed E-state index contributed by atoms with van der Waals surface area (Å²) in [6, 6.07) is 7.62. The summed E-state index contributed by atoms with van der Waals surface area (Å²) in [6.07, 6.45) is 0. The molecule has 124 valence electrons. The number of tetrazole rings is 1. The third-order valence-corrected chi connectivity index (χ3v) is 4.37. The van der Waals surface area contributed by atoms with Gasteiger partial charge in [0, 0.05) is 16.1 Å². The monoisotopic (exact) mass is 342 g/mol. The summed E-state index contributed by atoms with van der Waals surface area (Å²) in [5.41, 5.74) is 1.99. The summed E-state index contributed by atoms with van der Waals surface area (Å²) >= 11 is 1.51. The minimum absolute atomic E-state index is 0.147. The standard InChI is InChI=1S/C16H18N6OS/c1-9(2)22-15(19-20-21-22)12-6-5-7-13(8-12)18-16(23)14-10(3)24-11(4)17-14/h5-9H,1-4H3,(H,18,23). The van der Waals surface area contributed by atoms with Crippen molar-refractivity contribution < 1.29 is 4.79 Å². The predicted molar refractivity (Wildman–Crippen MR) is 93.2 cm³/mol. The van der Waals surface area contributed by atoms with Crippen molar-refractivity contribution in [2.45, 2.75) is 33.7 Å². The molecular formula is C16H18N6OS. The lowest BCUT2D eigenvalue weighted by Gasteiger charge is -2.09. The maximum Gasteiger partial charge on any atom is 0.275 e. The Hall–Kier alpha value is -2.61. The van der Waals surface area contributed by atoms with E-state index in [4.69, 9.17) is 0 Å². The zero-order chi connectivity index (χ0) is 17.3. The van der Waals surface area contributed by atoms with Gasteiger partial charge in [-0.3, -0.25) is 4.79 Å². The molecule has 0 atom stereocenters. The maximum atomic E-state index is 12.4. The summed E-state index contributed by atoms with van der Waals surface area (Å²) in [5.74, 6) is 0.458. The van der Waals surface area contributed by atoms with Gasteiger partial charge in [0.15, 0.2) is 5.82 Å². The van der Waals surface area contributed by atoms with Crippen LogP contribution in [0, 0.1) is 13.8 Å². The molecule has 3 rings (SSSR count). The smallest absolute Gasteiger partial charge is 0.275 e. The molecule has 0 radical (unpaired) electrons. The van der Waals surface area contributed by atoms with E-state index in [2.05, 4.69) is 25.8 Å². The number of anilines is 1. The number of aromatic nitrogens is 5. The second-order valence-corrected chi connectivity index (χ2v) is 7.12. The fourth-order valence-corrected chi connectivity index (χ4v) is 3.21. The molecule has 0 spiro atoms. The van der Waals surface area contributed by atoms with Crippen LogP contribution in [0.1, 0.15) is 40.3 Å². The van der Waals surface area contributed by atoms with Gasteiger partial charge in [0.25, 0.3) is 5.91 Å². The van der Waals surface area contributed by atoms with Crippen LogP contribution in [-0.4, -0.2) is 31.1 Å². The first-order chi connectivity index (χ1) is 11.5. The average Bonchev–Trinajstić information content (AvgIpc) is 3.14. The number of nitrogens with zero attached hydrogens (tertiary/aromatic N) is 5. The van der Waals surface area contributed by atoms with Gasteiger partial charge in [-0.1, -0.05) is 12.1 Å². The van der Waals surface area contributed by atoms with E-state index >= 15 is 0 Å². The van der Waals surface area contributed by atoms with Crippen LogP contribution < -0.4 is 5.32 Å². The van der Waals surface area contributed by atoms with Crippen LogP contribution >= 0.6 is 11.3 Å². The third-order valence-electron chi connectivity index (χ3n) is 3.48. The van der Waals surface area contributed by atoms with Crippen molar-refractivity contribution in [1.82, 2.24) is 25.2 Å². The van der Waals surface area contributed by atoms with Gasteiger partial charge >= 0.3 is 0 Å². The Labute approximate surface area is 143 Å². The molecule has 1 N–H and O–H groups in total. The molecule has 0 saturated heterocycles. The Morgan fingerprint density at radius 3 is 2.75 bits per heavy atom. The van der Waals surface area contributed by atoms with E-state index in [1.54, 1.807) is 4.68 Å². The molecule has 2 aromatic heterocycles. The lowest BCUT2D eigenvalue weighted by Crippen LogP contribution is -2.13. The van der Waals surface area contributed by atoms with Crippen molar-refractivity contribution in [3.63, 3.8) is 0 Å². The first-order valence-corrected chi connectivity index (χ1v) is 8.41. The van der Waals surface area contributed by atoms with E-state index < -0.39 is 0 Å². The molecular weight excluding hydrogens is 324 g/mol. The van der Waals surface area contributed by atoms with Crippen LogP contribution in [0.5, 0.6) is 0 Å². The maximum absolute atomic E-state index is 12.4. The Balaban J connectivity index is 1.87. The fourth-order valence-electron chi connectivity index (χ4n) is 2.40. The van der Waals surface area contributed by atoms with Crippen molar-refractivity contribution >= 4 is 22.9 Å². The van der Waals surface area contributed by atoms with Gasteiger partial charge in [-0.05, 0) is 50.3 Å². The molecule has 0 aliphatic carbocycles. The van der Waals surface area contributed by atoms with E-state index in [1.165, 1.54) is 11.3 Å². The Morgan fingerprint density at radius 1 is 1.29 bits per heavy atom. The number of aryl methyl sites for hydroxylation is 2. The Bertz CT molecular complexity index is 882. The fraction of sp³-hybridized carbons (Fsp3) is 0.312. The molecule has 0 saturated carbocycles. The molecule has 7 nitrogen and oxygen atoms in total. The Kier molecular flexibility index (Phi) is 4.39. The molecule has 0 fully saturated rings. The summed E-state index contributed by atoms with van der Waals surface area (Å²) in [5, 5.41) is 15.6. The first-order valence-electron chi connectivity index (χ1n) is 7.59. The average molecular weight is 342 g/mol. The van der Waals surface area contributed by atoms with Gasteiger partial charge < -0.3 is 5.32 Å². The highest BCUT2D eigenvalue weighted by Gasteiger charge is 2.16. The molecule has 8 heteroatoms. The highest BCUT2D eigenvalue weighted by atomic mass is 32.1. The van der Waals surface area contributed by atoms with Crippen LogP contribution in [0.25, 0.3) is 11.4 Å². The van der Waals surface area contributed by atoms with Gasteiger partial charge in [0.2, 0.25) is 0 Å².